The third-order valence-corrected chi connectivity index (χ3v) is 4.37. The lowest BCUT2D eigenvalue weighted by Gasteiger charge is -2.32. The molecule has 0 bridgehead atoms. The molecule has 16 heavy (non-hydrogen) atoms. The second-order valence-electron chi connectivity index (χ2n) is 3.93. The Labute approximate surface area is 108 Å². The van der Waals surface area contributed by atoms with E-state index in [4.69, 9.17) is 15.2 Å². The molecule has 1 aromatic rings. The van der Waals surface area contributed by atoms with Crippen LogP contribution in [0.1, 0.15) is 24.3 Å². The van der Waals surface area contributed by atoms with Crippen LogP contribution in [0.3, 0.4) is 0 Å². The van der Waals surface area contributed by atoms with Crippen molar-refractivity contribution in [3.63, 3.8) is 0 Å². The van der Waals surface area contributed by atoms with E-state index in [0.717, 1.165) is 10.2 Å². The van der Waals surface area contributed by atoms with E-state index in [9.17, 15) is 0 Å². The molecular weight excluding hydrogens is 290 g/mol. The number of ether oxygens (including phenoxy) is 2. The summed E-state index contributed by atoms with van der Waals surface area (Å²) >= 11 is 5.15. The van der Waals surface area contributed by atoms with Gasteiger partial charge in [0.1, 0.15) is 12.2 Å². The van der Waals surface area contributed by atoms with Gasteiger partial charge in [-0.1, -0.05) is 6.92 Å². The van der Waals surface area contributed by atoms with Gasteiger partial charge >= 0.3 is 0 Å². The Morgan fingerprint density at radius 1 is 1.62 bits per heavy atom. The fourth-order valence-corrected chi connectivity index (χ4v) is 3.11. The SMILES string of the molecule is CCC(N)C(OC1COC1)c1ccc(Br)s1. The van der Waals surface area contributed by atoms with E-state index in [1.165, 1.54) is 4.88 Å². The summed E-state index contributed by atoms with van der Waals surface area (Å²) in [6, 6.07) is 4.16. The Kier molecular flexibility index (Phi) is 4.38. The van der Waals surface area contributed by atoms with Gasteiger partial charge in [0.05, 0.1) is 17.0 Å². The smallest absolute Gasteiger partial charge is 0.107 e. The first kappa shape index (κ1) is 12.5. The largest absolute Gasteiger partial charge is 0.376 e. The van der Waals surface area contributed by atoms with Gasteiger partial charge in [-0.15, -0.1) is 11.3 Å². The van der Waals surface area contributed by atoms with Gasteiger partial charge in [-0.2, -0.15) is 0 Å². The van der Waals surface area contributed by atoms with E-state index in [-0.39, 0.29) is 18.2 Å². The first-order valence-corrected chi connectivity index (χ1v) is 7.05. The van der Waals surface area contributed by atoms with Crippen molar-refractivity contribution >= 4 is 27.3 Å². The molecule has 1 aliphatic rings. The molecular formula is C11H16BrNO2S. The minimum absolute atomic E-state index is 0.00444. The van der Waals surface area contributed by atoms with Crippen molar-refractivity contribution in [3.05, 3.63) is 20.8 Å². The van der Waals surface area contributed by atoms with Crippen molar-refractivity contribution in [2.45, 2.75) is 31.6 Å². The summed E-state index contributed by atoms with van der Waals surface area (Å²) in [5.74, 6) is 0. The Morgan fingerprint density at radius 3 is 2.81 bits per heavy atom. The third-order valence-electron chi connectivity index (χ3n) is 2.68. The zero-order valence-corrected chi connectivity index (χ0v) is 11.6. The highest BCUT2D eigenvalue weighted by atomic mass is 79.9. The zero-order valence-electron chi connectivity index (χ0n) is 9.19. The monoisotopic (exact) mass is 305 g/mol. The fourth-order valence-electron chi connectivity index (χ4n) is 1.57. The second-order valence-corrected chi connectivity index (χ2v) is 6.42. The third kappa shape index (κ3) is 2.84. The van der Waals surface area contributed by atoms with Crippen LogP contribution in [0.15, 0.2) is 15.9 Å². The summed E-state index contributed by atoms with van der Waals surface area (Å²) in [5, 5.41) is 0. The summed E-state index contributed by atoms with van der Waals surface area (Å²) in [4.78, 5) is 1.19. The Balaban J connectivity index is 2.06. The number of thiophene rings is 1. The van der Waals surface area contributed by atoms with Crippen LogP contribution in [-0.2, 0) is 9.47 Å². The van der Waals surface area contributed by atoms with Crippen LogP contribution in [0.4, 0.5) is 0 Å². The van der Waals surface area contributed by atoms with Crippen LogP contribution in [-0.4, -0.2) is 25.4 Å². The molecule has 0 aromatic carbocycles. The molecule has 5 heteroatoms. The zero-order chi connectivity index (χ0) is 11.5. The normalized spacial score (nSPS) is 20.4. The molecule has 2 rings (SSSR count). The maximum Gasteiger partial charge on any atom is 0.107 e. The lowest BCUT2D eigenvalue weighted by Crippen LogP contribution is -2.41. The second kappa shape index (κ2) is 5.60. The van der Waals surface area contributed by atoms with Crippen molar-refractivity contribution < 1.29 is 9.47 Å². The van der Waals surface area contributed by atoms with E-state index >= 15 is 0 Å². The summed E-state index contributed by atoms with van der Waals surface area (Å²) in [6.45, 7) is 3.47. The topological polar surface area (TPSA) is 44.5 Å². The Morgan fingerprint density at radius 2 is 2.38 bits per heavy atom. The Hall–Kier alpha value is 0.0600. The highest BCUT2D eigenvalue weighted by Crippen LogP contribution is 2.33. The highest BCUT2D eigenvalue weighted by molar-refractivity contribution is 9.11. The first-order valence-electron chi connectivity index (χ1n) is 5.44. The van der Waals surface area contributed by atoms with Crippen molar-refractivity contribution in [2.24, 2.45) is 5.73 Å². The molecule has 0 aliphatic carbocycles. The van der Waals surface area contributed by atoms with Gasteiger partial charge in [-0.25, -0.2) is 0 Å². The van der Waals surface area contributed by atoms with E-state index in [1.807, 2.05) is 6.07 Å². The number of hydrogen-bond donors (Lipinski definition) is 1. The van der Waals surface area contributed by atoms with Gasteiger partial charge in [-0.05, 0) is 34.5 Å². The summed E-state index contributed by atoms with van der Waals surface area (Å²) in [6.07, 6.45) is 1.12. The molecule has 0 spiro atoms. The van der Waals surface area contributed by atoms with Crippen LogP contribution in [0.5, 0.6) is 0 Å². The van der Waals surface area contributed by atoms with Crippen molar-refractivity contribution in [2.75, 3.05) is 13.2 Å². The van der Waals surface area contributed by atoms with Crippen LogP contribution in [0, 0.1) is 0 Å². The highest BCUT2D eigenvalue weighted by Gasteiger charge is 2.28. The van der Waals surface area contributed by atoms with E-state index in [1.54, 1.807) is 11.3 Å². The summed E-state index contributed by atoms with van der Waals surface area (Å²) in [5.41, 5.74) is 6.11. The minimum atomic E-state index is -0.00444. The predicted molar refractivity (Wildman–Crippen MR) is 68.7 cm³/mol. The molecule has 2 atom stereocenters. The molecule has 1 fully saturated rings. The van der Waals surface area contributed by atoms with Crippen molar-refractivity contribution in [3.8, 4) is 0 Å². The molecule has 90 valence electrons. The average molecular weight is 306 g/mol. The first-order chi connectivity index (χ1) is 7.70. The minimum Gasteiger partial charge on any atom is -0.376 e. The average Bonchev–Trinajstić information content (AvgIpc) is 2.62. The fraction of sp³-hybridized carbons (Fsp3) is 0.636. The van der Waals surface area contributed by atoms with Gasteiger partial charge in [0.25, 0.3) is 0 Å². The maximum atomic E-state index is 6.11. The van der Waals surface area contributed by atoms with Crippen LogP contribution in [0.2, 0.25) is 0 Å². The number of nitrogens with two attached hydrogens (primary N) is 1. The van der Waals surface area contributed by atoms with Crippen LogP contribution < -0.4 is 5.73 Å². The summed E-state index contributed by atoms with van der Waals surface area (Å²) in [7, 11) is 0. The van der Waals surface area contributed by atoms with Gasteiger partial charge < -0.3 is 15.2 Å². The lowest BCUT2D eigenvalue weighted by atomic mass is 10.1. The van der Waals surface area contributed by atoms with Gasteiger partial charge in [0.15, 0.2) is 0 Å². The van der Waals surface area contributed by atoms with Crippen molar-refractivity contribution in [1.82, 2.24) is 0 Å². The van der Waals surface area contributed by atoms with Crippen LogP contribution >= 0.6 is 27.3 Å². The molecule has 2 unspecified atom stereocenters. The molecule has 1 saturated heterocycles. The molecule has 1 aromatic heterocycles. The Bertz CT molecular complexity index is 340. The summed E-state index contributed by atoms with van der Waals surface area (Å²) < 4.78 is 12.2. The number of halogens is 1. The molecule has 2 heterocycles. The molecule has 0 amide bonds. The van der Waals surface area contributed by atoms with E-state index in [2.05, 4.69) is 28.9 Å². The quantitative estimate of drug-likeness (QED) is 0.909. The van der Waals surface area contributed by atoms with Gasteiger partial charge in [0.2, 0.25) is 0 Å². The molecule has 2 N–H and O–H groups in total. The maximum absolute atomic E-state index is 6.11. The standard InChI is InChI=1S/C11H16BrNO2S/c1-2-8(13)11(15-7-5-14-6-7)9-3-4-10(12)16-9/h3-4,7-8,11H,2,5-6,13H2,1H3. The van der Waals surface area contributed by atoms with E-state index in [0.29, 0.717) is 13.2 Å². The van der Waals surface area contributed by atoms with Crippen molar-refractivity contribution in [1.29, 1.82) is 0 Å². The lowest BCUT2D eigenvalue weighted by molar-refractivity contribution is -0.159. The van der Waals surface area contributed by atoms with Gasteiger partial charge in [0, 0.05) is 10.9 Å². The number of hydrogen-bond acceptors (Lipinski definition) is 4. The molecule has 1 aliphatic heterocycles. The molecule has 0 radical (unpaired) electrons. The predicted octanol–water partition coefficient (Wildman–Crippen LogP) is 2.70. The van der Waals surface area contributed by atoms with E-state index < -0.39 is 0 Å². The van der Waals surface area contributed by atoms with Gasteiger partial charge in [-0.3, -0.25) is 0 Å². The number of rotatable bonds is 5. The molecule has 3 nitrogen and oxygen atoms in total. The molecule has 0 saturated carbocycles. The van der Waals surface area contributed by atoms with Crippen LogP contribution in [0.25, 0.3) is 0 Å².